The van der Waals surface area contributed by atoms with Crippen molar-refractivity contribution in [2.75, 3.05) is 12.3 Å². The lowest BCUT2D eigenvalue weighted by molar-refractivity contribution is -0.121. The second-order valence-electron chi connectivity index (χ2n) is 4.59. The Morgan fingerprint density at radius 3 is 2.17 bits per heavy atom. The van der Waals surface area contributed by atoms with Crippen LogP contribution in [0.1, 0.15) is 58.3 Å². The molecular weight excluding hydrogens is 252 g/mol. The molecule has 0 saturated heterocycles. The van der Waals surface area contributed by atoms with Gasteiger partial charge in [-0.1, -0.05) is 45.4 Å². The molecule has 0 atom stereocenters. The van der Waals surface area contributed by atoms with Crippen molar-refractivity contribution < 1.29 is 13.2 Å². The van der Waals surface area contributed by atoms with Crippen LogP contribution in [0.25, 0.3) is 0 Å². The average Bonchev–Trinajstić information content (AvgIpc) is 2.26. The van der Waals surface area contributed by atoms with Gasteiger partial charge in [-0.15, -0.1) is 0 Å². The lowest BCUT2D eigenvalue weighted by atomic mass is 10.1. The number of carbonyl (C=O) groups is 1. The Hall–Kier alpha value is -0.620. The van der Waals surface area contributed by atoms with Gasteiger partial charge in [0.15, 0.2) is 0 Å². The van der Waals surface area contributed by atoms with Gasteiger partial charge in [0.2, 0.25) is 15.9 Å². The van der Waals surface area contributed by atoms with E-state index in [0.29, 0.717) is 6.42 Å². The fraction of sp³-hybridized carbons (Fsp3) is 0.917. The minimum atomic E-state index is -3.47. The minimum absolute atomic E-state index is 0.0905. The van der Waals surface area contributed by atoms with Crippen LogP contribution in [0, 0.1) is 0 Å². The molecule has 0 radical (unpaired) electrons. The predicted octanol–water partition coefficient (Wildman–Crippen LogP) is 1.53. The van der Waals surface area contributed by atoms with E-state index >= 15 is 0 Å². The van der Waals surface area contributed by atoms with Crippen LogP contribution in [0.2, 0.25) is 0 Å². The zero-order valence-electron chi connectivity index (χ0n) is 11.3. The SMILES string of the molecule is CCCCCCCCCC(=O)NCCS(N)(=O)=O. The van der Waals surface area contributed by atoms with Gasteiger partial charge in [-0.2, -0.15) is 0 Å². The Kier molecular flexibility index (Phi) is 9.96. The van der Waals surface area contributed by atoms with Gasteiger partial charge in [-0.3, -0.25) is 4.79 Å². The molecule has 108 valence electrons. The average molecular weight is 278 g/mol. The second-order valence-corrected chi connectivity index (χ2v) is 6.32. The van der Waals surface area contributed by atoms with Crippen LogP contribution in [-0.4, -0.2) is 26.6 Å². The minimum Gasteiger partial charge on any atom is -0.355 e. The van der Waals surface area contributed by atoms with Crippen LogP contribution >= 0.6 is 0 Å². The third-order valence-corrected chi connectivity index (χ3v) is 3.49. The van der Waals surface area contributed by atoms with Crippen molar-refractivity contribution >= 4 is 15.9 Å². The molecule has 6 heteroatoms. The first-order valence-electron chi connectivity index (χ1n) is 6.73. The summed E-state index contributed by atoms with van der Waals surface area (Å²) in [4.78, 5) is 11.3. The number of carbonyl (C=O) groups excluding carboxylic acids is 1. The number of unbranched alkanes of at least 4 members (excludes halogenated alkanes) is 6. The lowest BCUT2D eigenvalue weighted by Crippen LogP contribution is -2.31. The van der Waals surface area contributed by atoms with E-state index in [4.69, 9.17) is 5.14 Å². The molecule has 0 aromatic heterocycles. The molecule has 0 fully saturated rings. The molecule has 0 spiro atoms. The summed E-state index contributed by atoms with van der Waals surface area (Å²) in [6, 6.07) is 0. The molecule has 0 unspecified atom stereocenters. The van der Waals surface area contributed by atoms with Crippen molar-refractivity contribution in [3.8, 4) is 0 Å². The summed E-state index contributed by atoms with van der Waals surface area (Å²) in [5.74, 6) is -0.289. The number of sulfonamides is 1. The standard InChI is InChI=1S/C12H26N2O3S/c1-2-3-4-5-6-7-8-9-12(15)14-10-11-18(13,16)17/h2-11H2,1H3,(H,14,15)(H2,13,16,17). The number of nitrogens with two attached hydrogens (primary N) is 1. The molecule has 5 nitrogen and oxygen atoms in total. The van der Waals surface area contributed by atoms with E-state index < -0.39 is 10.0 Å². The van der Waals surface area contributed by atoms with Crippen LogP contribution in [0.4, 0.5) is 0 Å². The number of rotatable bonds is 11. The van der Waals surface area contributed by atoms with E-state index in [1.165, 1.54) is 32.1 Å². The van der Waals surface area contributed by atoms with Gasteiger partial charge >= 0.3 is 0 Å². The van der Waals surface area contributed by atoms with Gasteiger partial charge in [0.05, 0.1) is 5.75 Å². The van der Waals surface area contributed by atoms with Crippen molar-refractivity contribution in [3.05, 3.63) is 0 Å². The maximum atomic E-state index is 11.3. The smallest absolute Gasteiger partial charge is 0.220 e. The maximum Gasteiger partial charge on any atom is 0.220 e. The third kappa shape index (κ3) is 13.4. The monoisotopic (exact) mass is 278 g/mol. The summed E-state index contributed by atoms with van der Waals surface area (Å²) in [5.41, 5.74) is 0. The van der Waals surface area contributed by atoms with E-state index in [9.17, 15) is 13.2 Å². The second kappa shape index (κ2) is 10.3. The van der Waals surface area contributed by atoms with Crippen molar-refractivity contribution in [2.24, 2.45) is 5.14 Å². The summed E-state index contributed by atoms with van der Waals surface area (Å²) in [7, 11) is -3.47. The normalized spacial score (nSPS) is 11.4. The lowest BCUT2D eigenvalue weighted by Gasteiger charge is -2.04. The van der Waals surface area contributed by atoms with Gasteiger partial charge in [-0.05, 0) is 6.42 Å². The highest BCUT2D eigenvalue weighted by molar-refractivity contribution is 7.89. The largest absolute Gasteiger partial charge is 0.355 e. The van der Waals surface area contributed by atoms with E-state index in [-0.39, 0.29) is 18.2 Å². The van der Waals surface area contributed by atoms with Crippen LogP contribution in [0.5, 0.6) is 0 Å². The van der Waals surface area contributed by atoms with Gasteiger partial charge in [0.25, 0.3) is 0 Å². The maximum absolute atomic E-state index is 11.3. The van der Waals surface area contributed by atoms with Gasteiger partial charge < -0.3 is 5.32 Å². The Balaban J connectivity index is 3.32. The first kappa shape index (κ1) is 17.4. The zero-order chi connectivity index (χ0) is 13.9. The molecule has 0 aliphatic rings. The summed E-state index contributed by atoms with van der Waals surface area (Å²) < 4.78 is 21.2. The van der Waals surface area contributed by atoms with Gasteiger partial charge in [0.1, 0.15) is 0 Å². The van der Waals surface area contributed by atoms with Gasteiger partial charge in [-0.25, -0.2) is 13.6 Å². The Bertz CT molecular complexity index is 315. The molecule has 0 bridgehead atoms. The van der Waals surface area contributed by atoms with E-state index in [1.54, 1.807) is 0 Å². The Morgan fingerprint density at radius 1 is 1.06 bits per heavy atom. The van der Waals surface area contributed by atoms with Crippen LogP contribution in [0.3, 0.4) is 0 Å². The Morgan fingerprint density at radius 2 is 1.61 bits per heavy atom. The molecule has 0 aromatic carbocycles. The predicted molar refractivity (Wildman–Crippen MR) is 73.6 cm³/mol. The van der Waals surface area contributed by atoms with Crippen LogP contribution < -0.4 is 10.5 Å². The highest BCUT2D eigenvalue weighted by Gasteiger charge is 2.04. The molecule has 18 heavy (non-hydrogen) atoms. The molecule has 0 aliphatic heterocycles. The zero-order valence-corrected chi connectivity index (χ0v) is 12.1. The van der Waals surface area contributed by atoms with E-state index in [0.717, 1.165) is 12.8 Å². The van der Waals surface area contributed by atoms with Crippen molar-refractivity contribution in [3.63, 3.8) is 0 Å². The first-order valence-corrected chi connectivity index (χ1v) is 8.44. The van der Waals surface area contributed by atoms with Crippen LogP contribution in [-0.2, 0) is 14.8 Å². The summed E-state index contributed by atoms with van der Waals surface area (Å²) >= 11 is 0. The highest BCUT2D eigenvalue weighted by Crippen LogP contribution is 2.08. The molecule has 0 saturated carbocycles. The molecule has 0 aromatic rings. The molecule has 1 amide bonds. The number of primary sulfonamides is 1. The van der Waals surface area contributed by atoms with Crippen LogP contribution in [0.15, 0.2) is 0 Å². The molecule has 0 aliphatic carbocycles. The highest BCUT2D eigenvalue weighted by atomic mass is 32.2. The molecular formula is C12H26N2O3S. The Labute approximate surface area is 111 Å². The number of amides is 1. The van der Waals surface area contributed by atoms with Crippen molar-refractivity contribution in [1.82, 2.24) is 5.32 Å². The molecule has 3 N–H and O–H groups in total. The summed E-state index contributed by atoms with van der Waals surface area (Å²) in [5, 5.41) is 7.37. The van der Waals surface area contributed by atoms with E-state index in [2.05, 4.69) is 12.2 Å². The summed E-state index contributed by atoms with van der Waals surface area (Å²) in [6.07, 6.45) is 8.61. The quantitative estimate of drug-likeness (QED) is 0.562. The van der Waals surface area contributed by atoms with Gasteiger partial charge in [0, 0.05) is 13.0 Å². The number of hydrogen-bond donors (Lipinski definition) is 2. The third-order valence-electron chi connectivity index (χ3n) is 2.72. The number of hydrogen-bond acceptors (Lipinski definition) is 3. The number of nitrogens with one attached hydrogen (secondary N) is 1. The fourth-order valence-electron chi connectivity index (χ4n) is 1.66. The van der Waals surface area contributed by atoms with E-state index in [1.807, 2.05) is 0 Å². The van der Waals surface area contributed by atoms with Crippen molar-refractivity contribution in [2.45, 2.75) is 58.3 Å². The molecule has 0 rings (SSSR count). The summed E-state index contributed by atoms with van der Waals surface area (Å²) in [6.45, 7) is 2.29. The molecule has 0 heterocycles. The first-order chi connectivity index (χ1) is 8.45. The fourth-order valence-corrected chi connectivity index (χ4v) is 2.05. The topological polar surface area (TPSA) is 89.3 Å². The van der Waals surface area contributed by atoms with Crippen molar-refractivity contribution in [1.29, 1.82) is 0 Å².